The van der Waals surface area contributed by atoms with Crippen LogP contribution in [-0.2, 0) is 4.79 Å². The van der Waals surface area contributed by atoms with E-state index < -0.39 is 0 Å². The molecule has 3 aliphatic rings. The van der Waals surface area contributed by atoms with Gasteiger partial charge in [0.1, 0.15) is 0 Å². The van der Waals surface area contributed by atoms with Crippen molar-refractivity contribution in [2.75, 3.05) is 13.1 Å². The molecular formula is C10H19N3O. The fourth-order valence-electron chi connectivity index (χ4n) is 2.57. The SMILES string of the molecule is CCC(=O)NC1C2CCN(CC2)[C@H]1N. The van der Waals surface area contributed by atoms with Gasteiger partial charge in [0, 0.05) is 19.5 Å². The Balaban J connectivity index is 2.00. The van der Waals surface area contributed by atoms with Crippen LogP contribution in [0.2, 0.25) is 0 Å². The van der Waals surface area contributed by atoms with Crippen LogP contribution < -0.4 is 11.1 Å². The van der Waals surface area contributed by atoms with Gasteiger partial charge in [-0.3, -0.25) is 9.69 Å². The number of nitrogens with zero attached hydrogens (tertiary/aromatic N) is 1. The van der Waals surface area contributed by atoms with Crippen LogP contribution >= 0.6 is 0 Å². The lowest BCUT2D eigenvalue weighted by atomic mass is 9.82. The molecule has 2 atom stereocenters. The molecule has 0 aromatic heterocycles. The summed E-state index contributed by atoms with van der Waals surface area (Å²) < 4.78 is 0. The number of fused-ring (bicyclic) bond motifs is 3. The third-order valence-corrected chi connectivity index (χ3v) is 3.52. The summed E-state index contributed by atoms with van der Waals surface area (Å²) in [6, 6.07) is 0.185. The molecule has 1 amide bonds. The van der Waals surface area contributed by atoms with Gasteiger partial charge >= 0.3 is 0 Å². The van der Waals surface area contributed by atoms with Gasteiger partial charge in [0.25, 0.3) is 0 Å². The highest BCUT2D eigenvalue weighted by molar-refractivity contribution is 5.76. The van der Waals surface area contributed by atoms with Crippen LogP contribution in [0.25, 0.3) is 0 Å². The number of rotatable bonds is 2. The van der Waals surface area contributed by atoms with E-state index in [1.165, 1.54) is 12.8 Å². The largest absolute Gasteiger partial charge is 0.350 e. The van der Waals surface area contributed by atoms with Gasteiger partial charge in [0.15, 0.2) is 0 Å². The Bertz CT molecular complexity index is 221. The number of carbonyl (C=O) groups is 1. The molecule has 3 N–H and O–H groups in total. The Labute approximate surface area is 84.8 Å². The minimum absolute atomic E-state index is 0.0398. The minimum Gasteiger partial charge on any atom is -0.350 e. The van der Waals surface area contributed by atoms with Gasteiger partial charge in [-0.1, -0.05) is 6.92 Å². The van der Waals surface area contributed by atoms with Crippen LogP contribution in [0.3, 0.4) is 0 Å². The maximum Gasteiger partial charge on any atom is 0.220 e. The molecule has 0 aliphatic carbocycles. The van der Waals surface area contributed by atoms with Crippen LogP contribution in [0.1, 0.15) is 26.2 Å². The van der Waals surface area contributed by atoms with Gasteiger partial charge in [0.05, 0.1) is 12.2 Å². The topological polar surface area (TPSA) is 58.4 Å². The molecule has 14 heavy (non-hydrogen) atoms. The standard InChI is InChI=1S/C10H19N3O/c1-2-8(14)12-9-7-3-5-13(6-4-7)10(9)11/h7,9-10H,2-6,11H2,1H3,(H,12,14)/t9?,10-/m1/s1. The number of nitrogens with one attached hydrogen (secondary N) is 1. The van der Waals surface area contributed by atoms with Crippen molar-refractivity contribution in [2.45, 2.75) is 38.4 Å². The van der Waals surface area contributed by atoms with Gasteiger partial charge in [-0.15, -0.1) is 0 Å². The second-order valence-electron chi connectivity index (χ2n) is 4.31. The average molecular weight is 197 g/mol. The molecule has 0 saturated carbocycles. The molecule has 2 bridgehead atoms. The van der Waals surface area contributed by atoms with Crippen molar-refractivity contribution < 1.29 is 4.79 Å². The molecule has 0 radical (unpaired) electrons. The van der Waals surface area contributed by atoms with E-state index >= 15 is 0 Å². The van der Waals surface area contributed by atoms with Crippen molar-refractivity contribution in [2.24, 2.45) is 11.7 Å². The van der Waals surface area contributed by atoms with Crippen LogP contribution in [0, 0.1) is 5.92 Å². The Kier molecular flexibility index (Phi) is 2.74. The Morgan fingerprint density at radius 3 is 2.64 bits per heavy atom. The van der Waals surface area contributed by atoms with Crippen LogP contribution in [0.4, 0.5) is 0 Å². The summed E-state index contributed by atoms with van der Waals surface area (Å²) >= 11 is 0. The summed E-state index contributed by atoms with van der Waals surface area (Å²) in [5, 5.41) is 3.04. The van der Waals surface area contributed by atoms with Gasteiger partial charge in [-0.2, -0.15) is 0 Å². The Morgan fingerprint density at radius 2 is 2.14 bits per heavy atom. The minimum atomic E-state index is 0.0398. The number of hydrogen-bond donors (Lipinski definition) is 2. The molecule has 4 heteroatoms. The lowest BCUT2D eigenvalue weighted by molar-refractivity contribution is -0.123. The molecule has 3 fully saturated rings. The zero-order chi connectivity index (χ0) is 10.1. The highest BCUT2D eigenvalue weighted by atomic mass is 16.1. The van der Waals surface area contributed by atoms with Crippen LogP contribution in [0.15, 0.2) is 0 Å². The quantitative estimate of drug-likeness (QED) is 0.649. The zero-order valence-electron chi connectivity index (χ0n) is 8.70. The third-order valence-electron chi connectivity index (χ3n) is 3.52. The fourth-order valence-corrected chi connectivity index (χ4v) is 2.57. The maximum absolute atomic E-state index is 11.3. The molecular weight excluding hydrogens is 178 g/mol. The summed E-state index contributed by atoms with van der Waals surface area (Å²) in [6.07, 6.45) is 2.96. The average Bonchev–Trinajstić information content (AvgIpc) is 2.23. The first kappa shape index (κ1) is 9.93. The predicted octanol–water partition coefficient (Wildman–Crippen LogP) is -0.108. The zero-order valence-corrected chi connectivity index (χ0v) is 8.70. The summed E-state index contributed by atoms with van der Waals surface area (Å²) in [5.41, 5.74) is 6.08. The summed E-state index contributed by atoms with van der Waals surface area (Å²) in [5.74, 6) is 0.727. The normalized spacial score (nSPS) is 41.0. The second-order valence-corrected chi connectivity index (χ2v) is 4.31. The van der Waals surface area contributed by atoms with Crippen LogP contribution in [-0.4, -0.2) is 36.1 Å². The van der Waals surface area contributed by atoms with Crippen LogP contribution in [0.5, 0.6) is 0 Å². The van der Waals surface area contributed by atoms with Gasteiger partial charge < -0.3 is 11.1 Å². The molecule has 0 aromatic carbocycles. The van der Waals surface area contributed by atoms with E-state index in [2.05, 4.69) is 10.2 Å². The molecule has 4 nitrogen and oxygen atoms in total. The molecule has 1 unspecified atom stereocenters. The molecule has 0 aromatic rings. The van der Waals surface area contributed by atoms with E-state index in [4.69, 9.17) is 5.73 Å². The number of carbonyl (C=O) groups excluding carboxylic acids is 1. The summed E-state index contributed by atoms with van der Waals surface area (Å²) in [4.78, 5) is 13.6. The Hall–Kier alpha value is -0.610. The predicted molar refractivity (Wildman–Crippen MR) is 54.5 cm³/mol. The first-order chi connectivity index (χ1) is 6.72. The maximum atomic E-state index is 11.3. The van der Waals surface area contributed by atoms with E-state index in [0.717, 1.165) is 13.1 Å². The first-order valence-electron chi connectivity index (χ1n) is 5.51. The van der Waals surface area contributed by atoms with E-state index in [1.807, 2.05) is 6.92 Å². The number of nitrogens with two attached hydrogens (primary N) is 1. The lowest BCUT2D eigenvalue weighted by Gasteiger charge is -2.49. The lowest BCUT2D eigenvalue weighted by Crippen LogP contribution is -2.66. The van der Waals surface area contributed by atoms with Crippen molar-refractivity contribution in [1.82, 2.24) is 10.2 Å². The van der Waals surface area contributed by atoms with Crippen molar-refractivity contribution in [3.8, 4) is 0 Å². The van der Waals surface area contributed by atoms with Gasteiger partial charge in [-0.05, 0) is 18.8 Å². The number of amides is 1. The van der Waals surface area contributed by atoms with E-state index in [0.29, 0.717) is 12.3 Å². The summed E-state index contributed by atoms with van der Waals surface area (Å²) in [6.45, 7) is 4.08. The molecule has 3 aliphatic heterocycles. The number of piperidine rings is 3. The highest BCUT2D eigenvalue weighted by Crippen LogP contribution is 2.30. The smallest absolute Gasteiger partial charge is 0.220 e. The van der Waals surface area contributed by atoms with Gasteiger partial charge in [0.2, 0.25) is 5.91 Å². The molecule has 80 valence electrons. The highest BCUT2D eigenvalue weighted by Gasteiger charge is 2.40. The second kappa shape index (κ2) is 3.87. The molecule has 3 saturated heterocycles. The van der Waals surface area contributed by atoms with Crippen molar-refractivity contribution in [1.29, 1.82) is 0 Å². The van der Waals surface area contributed by atoms with Crippen molar-refractivity contribution in [3.05, 3.63) is 0 Å². The van der Waals surface area contributed by atoms with Crippen molar-refractivity contribution >= 4 is 5.91 Å². The van der Waals surface area contributed by atoms with E-state index in [9.17, 15) is 4.79 Å². The fraction of sp³-hybridized carbons (Fsp3) is 0.900. The van der Waals surface area contributed by atoms with Crippen molar-refractivity contribution in [3.63, 3.8) is 0 Å². The molecule has 0 spiro atoms. The van der Waals surface area contributed by atoms with Gasteiger partial charge in [-0.25, -0.2) is 0 Å². The summed E-state index contributed by atoms with van der Waals surface area (Å²) in [7, 11) is 0. The Morgan fingerprint density at radius 1 is 1.50 bits per heavy atom. The first-order valence-corrected chi connectivity index (χ1v) is 5.51. The molecule has 3 rings (SSSR count). The molecule has 3 heterocycles. The number of hydrogen-bond acceptors (Lipinski definition) is 3. The van der Waals surface area contributed by atoms with E-state index in [1.54, 1.807) is 0 Å². The van der Waals surface area contributed by atoms with E-state index in [-0.39, 0.29) is 18.1 Å². The third kappa shape index (κ3) is 1.64. The monoisotopic (exact) mass is 197 g/mol.